The summed E-state index contributed by atoms with van der Waals surface area (Å²) in [6, 6.07) is 12.3. The Morgan fingerprint density at radius 3 is 2.68 bits per heavy atom. The van der Waals surface area contributed by atoms with Crippen molar-refractivity contribution in [1.29, 1.82) is 0 Å². The third-order valence-corrected chi connectivity index (χ3v) is 6.76. The van der Waals surface area contributed by atoms with Crippen LogP contribution in [0.4, 0.5) is 17.2 Å². The molecule has 8 heteroatoms. The monoisotopic (exact) mass is 453 g/mol. The van der Waals surface area contributed by atoms with Crippen LogP contribution >= 0.6 is 0 Å². The van der Waals surface area contributed by atoms with Crippen molar-refractivity contribution >= 4 is 34.0 Å². The van der Waals surface area contributed by atoms with E-state index in [1.165, 1.54) is 19.3 Å². The summed E-state index contributed by atoms with van der Waals surface area (Å²) in [7, 11) is 0. The number of carbonyl (C=O) groups is 1. The molecule has 0 spiro atoms. The topological polar surface area (TPSA) is 98.8 Å². The van der Waals surface area contributed by atoms with E-state index in [-0.39, 0.29) is 5.91 Å². The molecule has 1 unspecified atom stereocenters. The summed E-state index contributed by atoms with van der Waals surface area (Å²) in [6.07, 6.45) is 9.19. The fourth-order valence-corrected chi connectivity index (χ4v) is 4.40. The fraction of sp³-hybridized carbons (Fsp3) is 0.308. The molecule has 1 aromatic carbocycles. The van der Waals surface area contributed by atoms with Gasteiger partial charge < -0.3 is 15.5 Å². The Kier molecular flexibility index (Phi) is 5.13. The normalized spacial score (nSPS) is 16.2. The van der Waals surface area contributed by atoms with Gasteiger partial charge in [-0.25, -0.2) is 4.98 Å². The maximum absolute atomic E-state index is 13.0. The number of aromatic nitrogens is 4. The predicted molar refractivity (Wildman–Crippen MR) is 134 cm³/mol. The molecule has 3 aromatic heterocycles. The van der Waals surface area contributed by atoms with Gasteiger partial charge in [0.25, 0.3) is 5.91 Å². The molecule has 34 heavy (non-hydrogen) atoms. The number of hydrogen-bond donors (Lipinski definition) is 3. The van der Waals surface area contributed by atoms with Crippen molar-refractivity contribution in [3.8, 4) is 11.1 Å². The average Bonchev–Trinajstić information content (AvgIpc) is 3.58. The van der Waals surface area contributed by atoms with Gasteiger partial charge in [-0.2, -0.15) is 5.10 Å². The summed E-state index contributed by atoms with van der Waals surface area (Å²) >= 11 is 0. The zero-order chi connectivity index (χ0) is 23.1. The first kappa shape index (κ1) is 20.7. The maximum atomic E-state index is 13.0. The van der Waals surface area contributed by atoms with Crippen molar-refractivity contribution in [2.24, 2.45) is 5.92 Å². The van der Waals surface area contributed by atoms with Gasteiger partial charge in [-0.15, -0.1) is 0 Å². The van der Waals surface area contributed by atoms with Crippen molar-refractivity contribution < 1.29 is 4.79 Å². The zero-order valence-corrected chi connectivity index (χ0v) is 19.1. The lowest BCUT2D eigenvalue weighted by Gasteiger charge is -2.31. The van der Waals surface area contributed by atoms with Crippen molar-refractivity contribution in [2.75, 3.05) is 28.6 Å². The van der Waals surface area contributed by atoms with Crippen LogP contribution in [0, 0.1) is 5.92 Å². The molecule has 1 atom stereocenters. The van der Waals surface area contributed by atoms with Gasteiger partial charge in [0, 0.05) is 42.5 Å². The van der Waals surface area contributed by atoms with Crippen molar-refractivity contribution in [3.05, 3.63) is 60.7 Å². The molecule has 1 saturated carbocycles. The highest BCUT2D eigenvalue weighted by Gasteiger charge is 2.27. The minimum atomic E-state index is -0.270. The molecule has 3 N–H and O–H groups in total. The lowest BCUT2D eigenvalue weighted by Crippen LogP contribution is -2.37. The Balaban J connectivity index is 1.23. The molecule has 0 radical (unpaired) electrons. The third kappa shape index (κ3) is 4.07. The van der Waals surface area contributed by atoms with Crippen molar-refractivity contribution in [1.82, 2.24) is 20.2 Å². The van der Waals surface area contributed by atoms with Crippen LogP contribution in [0.3, 0.4) is 0 Å². The molecule has 1 aliphatic heterocycles. The van der Waals surface area contributed by atoms with E-state index < -0.39 is 0 Å². The van der Waals surface area contributed by atoms with Crippen LogP contribution in [-0.2, 0) is 0 Å². The van der Waals surface area contributed by atoms with Crippen LogP contribution in [-0.4, -0.2) is 45.2 Å². The minimum absolute atomic E-state index is 0.270. The number of benzene rings is 1. The number of carbonyl (C=O) groups excluding carboxylic acids is 1. The lowest BCUT2D eigenvalue weighted by atomic mass is 10.0. The van der Waals surface area contributed by atoms with E-state index >= 15 is 0 Å². The molecular formula is C26H27N7O. The van der Waals surface area contributed by atoms with E-state index in [0.29, 0.717) is 17.4 Å². The number of nitrogens with zero attached hydrogens (tertiary/aromatic N) is 4. The van der Waals surface area contributed by atoms with Crippen LogP contribution in [0.15, 0.2) is 55.0 Å². The first-order chi connectivity index (χ1) is 16.6. The van der Waals surface area contributed by atoms with E-state index in [1.54, 1.807) is 6.20 Å². The molecule has 4 aromatic rings. The van der Waals surface area contributed by atoms with Crippen LogP contribution in [0.25, 0.3) is 22.0 Å². The predicted octanol–water partition coefficient (Wildman–Crippen LogP) is 4.69. The zero-order valence-electron chi connectivity index (χ0n) is 19.1. The number of hydrogen-bond acceptors (Lipinski definition) is 6. The van der Waals surface area contributed by atoms with Gasteiger partial charge in [0.15, 0.2) is 5.69 Å². The van der Waals surface area contributed by atoms with Crippen molar-refractivity contribution in [2.45, 2.75) is 32.2 Å². The lowest BCUT2D eigenvalue weighted by molar-refractivity contribution is 0.102. The number of anilines is 3. The van der Waals surface area contributed by atoms with Crippen LogP contribution in [0.5, 0.6) is 0 Å². The van der Waals surface area contributed by atoms with E-state index in [1.807, 2.05) is 42.7 Å². The molecule has 1 aliphatic carbocycles. The van der Waals surface area contributed by atoms with Gasteiger partial charge in [-0.1, -0.05) is 6.07 Å². The number of nitrogens with one attached hydrogen (secondary N) is 3. The van der Waals surface area contributed by atoms with Gasteiger partial charge >= 0.3 is 0 Å². The molecule has 0 bridgehead atoms. The molecule has 172 valence electrons. The molecule has 2 fully saturated rings. The highest BCUT2D eigenvalue weighted by Crippen LogP contribution is 2.34. The number of aromatic amines is 1. The van der Waals surface area contributed by atoms with E-state index in [4.69, 9.17) is 0 Å². The highest BCUT2D eigenvalue weighted by atomic mass is 16.1. The molecule has 6 rings (SSSR count). The third-order valence-electron chi connectivity index (χ3n) is 6.76. The molecule has 4 heterocycles. The Hall–Kier alpha value is -3.94. The number of rotatable bonds is 7. The Labute approximate surface area is 197 Å². The van der Waals surface area contributed by atoms with Gasteiger partial charge in [-0.3, -0.25) is 14.9 Å². The molecule has 2 aliphatic rings. The maximum Gasteiger partial charge on any atom is 0.276 e. The van der Waals surface area contributed by atoms with Gasteiger partial charge in [-0.05, 0) is 68.0 Å². The van der Waals surface area contributed by atoms with Gasteiger partial charge in [0.05, 0.1) is 23.1 Å². The second-order valence-electron chi connectivity index (χ2n) is 9.27. The summed E-state index contributed by atoms with van der Waals surface area (Å²) in [6.45, 7) is 4.30. The SMILES string of the molecule is CC(Nc1cncc(-c2ccc3[nH]nc(C(=O)Nc4ccc(N5CCC5)nc4)c3c2)c1)C1CC1. The van der Waals surface area contributed by atoms with E-state index in [2.05, 4.69) is 48.7 Å². The molecular weight excluding hydrogens is 426 g/mol. The summed E-state index contributed by atoms with van der Waals surface area (Å²) in [5.74, 6) is 1.43. The highest BCUT2D eigenvalue weighted by molar-refractivity contribution is 6.11. The average molecular weight is 454 g/mol. The smallest absolute Gasteiger partial charge is 0.276 e. The van der Waals surface area contributed by atoms with Crippen LogP contribution in [0.1, 0.15) is 36.7 Å². The van der Waals surface area contributed by atoms with E-state index in [9.17, 15) is 4.79 Å². The largest absolute Gasteiger partial charge is 0.381 e. The van der Waals surface area contributed by atoms with Crippen LogP contribution < -0.4 is 15.5 Å². The fourth-order valence-electron chi connectivity index (χ4n) is 4.40. The molecule has 1 saturated heterocycles. The Morgan fingerprint density at radius 1 is 1.06 bits per heavy atom. The first-order valence-electron chi connectivity index (χ1n) is 11.9. The summed E-state index contributed by atoms with van der Waals surface area (Å²) in [5.41, 5.74) is 4.80. The summed E-state index contributed by atoms with van der Waals surface area (Å²) in [4.78, 5) is 24.1. The van der Waals surface area contributed by atoms with Crippen molar-refractivity contribution in [3.63, 3.8) is 0 Å². The molecule has 1 amide bonds. The van der Waals surface area contributed by atoms with Gasteiger partial charge in [0.2, 0.25) is 0 Å². The number of amides is 1. The quantitative estimate of drug-likeness (QED) is 0.375. The molecule has 8 nitrogen and oxygen atoms in total. The number of H-pyrrole nitrogens is 1. The summed E-state index contributed by atoms with van der Waals surface area (Å²) < 4.78 is 0. The minimum Gasteiger partial charge on any atom is -0.381 e. The second kappa shape index (κ2) is 8.44. The second-order valence-corrected chi connectivity index (χ2v) is 9.27. The van der Waals surface area contributed by atoms with Gasteiger partial charge in [0.1, 0.15) is 5.82 Å². The van der Waals surface area contributed by atoms with E-state index in [0.717, 1.165) is 52.5 Å². The Morgan fingerprint density at radius 2 is 1.94 bits per heavy atom. The standard InChI is InChI=1S/C26H27N7O/c1-16(17-3-4-17)29-21-11-19(13-27-14-21)18-5-7-23-22(12-18)25(32-31-23)26(34)30-20-6-8-24(28-15-20)33-9-2-10-33/h5-8,11-17,29H,2-4,9-10H2,1H3,(H,30,34)(H,31,32). The number of pyridine rings is 2. The van der Waals surface area contributed by atoms with Crippen LogP contribution in [0.2, 0.25) is 0 Å². The first-order valence-corrected chi connectivity index (χ1v) is 11.9. The summed E-state index contributed by atoms with van der Waals surface area (Å²) in [5, 5.41) is 14.5. The number of fused-ring (bicyclic) bond motifs is 1. The Bertz CT molecular complexity index is 1340.